The van der Waals surface area contributed by atoms with E-state index in [0.717, 1.165) is 18.5 Å². The van der Waals surface area contributed by atoms with Crippen LogP contribution in [0.25, 0.3) is 0 Å². The highest BCUT2D eigenvalue weighted by atomic mass is 32.1. The molecule has 0 fully saturated rings. The van der Waals surface area contributed by atoms with Gasteiger partial charge in [-0.3, -0.25) is 0 Å². The average Bonchev–Trinajstić information content (AvgIpc) is 2.84. The topological polar surface area (TPSA) is 12.0 Å². The van der Waals surface area contributed by atoms with Gasteiger partial charge >= 0.3 is 0 Å². The zero-order valence-electron chi connectivity index (χ0n) is 10.7. The number of benzene rings is 1. The number of hydrogen-bond acceptors (Lipinski definition) is 2. The highest BCUT2D eigenvalue weighted by molar-refractivity contribution is 7.10. The molecule has 0 aliphatic carbocycles. The molecule has 0 saturated heterocycles. The Labute approximate surface area is 112 Å². The van der Waals surface area contributed by atoms with Gasteiger partial charge in [0, 0.05) is 23.0 Å². The second kappa shape index (κ2) is 6.12. The van der Waals surface area contributed by atoms with Crippen molar-refractivity contribution in [2.75, 3.05) is 0 Å². The lowest BCUT2D eigenvalue weighted by atomic mass is 10.1. The third kappa shape index (κ3) is 2.98. The Morgan fingerprint density at radius 1 is 1.28 bits per heavy atom. The maximum absolute atomic E-state index is 13.6. The Balaban J connectivity index is 2.01. The normalized spacial score (nSPS) is 12.6. The summed E-state index contributed by atoms with van der Waals surface area (Å²) < 4.78 is 13.6. The molecule has 2 aromatic rings. The number of halogens is 1. The van der Waals surface area contributed by atoms with Gasteiger partial charge in [0.05, 0.1) is 0 Å². The van der Waals surface area contributed by atoms with E-state index in [9.17, 15) is 4.39 Å². The predicted octanol–water partition coefficient (Wildman–Crippen LogP) is 4.30. The fourth-order valence-corrected chi connectivity index (χ4v) is 2.95. The molecule has 0 aliphatic rings. The first-order valence-electron chi connectivity index (χ1n) is 6.25. The number of aryl methyl sites for hydroxylation is 1. The van der Waals surface area contributed by atoms with E-state index in [1.54, 1.807) is 17.4 Å². The number of rotatable bonds is 5. The first-order valence-corrected chi connectivity index (χ1v) is 7.13. The number of nitrogens with one attached hydrogen (secondary N) is 1. The van der Waals surface area contributed by atoms with Crippen LogP contribution in [0.3, 0.4) is 0 Å². The van der Waals surface area contributed by atoms with Crippen molar-refractivity contribution in [1.29, 1.82) is 0 Å². The molecule has 0 aliphatic heterocycles. The average molecular weight is 263 g/mol. The van der Waals surface area contributed by atoms with E-state index in [4.69, 9.17) is 0 Å². The Hall–Kier alpha value is -1.19. The van der Waals surface area contributed by atoms with Gasteiger partial charge in [0.1, 0.15) is 5.82 Å². The minimum Gasteiger partial charge on any atom is -0.305 e. The fraction of sp³-hybridized carbons (Fsp3) is 0.333. The summed E-state index contributed by atoms with van der Waals surface area (Å²) in [6.45, 7) is 4.96. The van der Waals surface area contributed by atoms with Gasteiger partial charge in [-0.2, -0.15) is 0 Å². The van der Waals surface area contributed by atoms with Crippen LogP contribution in [0.5, 0.6) is 0 Å². The summed E-state index contributed by atoms with van der Waals surface area (Å²) in [6.07, 6.45) is 1.05. The molecular formula is C15H18FNS. The lowest BCUT2D eigenvalue weighted by Gasteiger charge is -2.15. The molecule has 18 heavy (non-hydrogen) atoms. The Morgan fingerprint density at radius 2 is 2.06 bits per heavy atom. The van der Waals surface area contributed by atoms with Crippen LogP contribution in [0.2, 0.25) is 0 Å². The molecule has 1 N–H and O–H groups in total. The highest BCUT2D eigenvalue weighted by Gasteiger charge is 2.10. The summed E-state index contributed by atoms with van der Waals surface area (Å²) in [5.41, 5.74) is 2.11. The maximum Gasteiger partial charge on any atom is 0.127 e. The van der Waals surface area contributed by atoms with E-state index in [2.05, 4.69) is 23.7 Å². The van der Waals surface area contributed by atoms with E-state index in [1.807, 2.05) is 19.1 Å². The Morgan fingerprint density at radius 3 is 2.78 bits per heavy atom. The van der Waals surface area contributed by atoms with Crippen molar-refractivity contribution >= 4 is 11.3 Å². The molecule has 1 atom stereocenters. The van der Waals surface area contributed by atoms with Gasteiger partial charge in [-0.05, 0) is 36.4 Å². The molecule has 1 aromatic carbocycles. The number of thiophene rings is 1. The minimum atomic E-state index is -0.139. The van der Waals surface area contributed by atoms with E-state index in [1.165, 1.54) is 16.5 Å². The first kappa shape index (κ1) is 13.2. The smallest absolute Gasteiger partial charge is 0.127 e. The molecule has 0 amide bonds. The van der Waals surface area contributed by atoms with Gasteiger partial charge in [-0.15, -0.1) is 11.3 Å². The molecule has 0 bridgehead atoms. The van der Waals surface area contributed by atoms with E-state index < -0.39 is 0 Å². The van der Waals surface area contributed by atoms with Crippen molar-refractivity contribution in [3.05, 3.63) is 57.5 Å². The van der Waals surface area contributed by atoms with Crippen molar-refractivity contribution in [3.63, 3.8) is 0 Å². The van der Waals surface area contributed by atoms with Gasteiger partial charge in [-0.25, -0.2) is 4.39 Å². The van der Waals surface area contributed by atoms with Gasteiger partial charge in [-0.1, -0.05) is 25.1 Å². The van der Waals surface area contributed by atoms with Crippen LogP contribution in [-0.4, -0.2) is 0 Å². The second-order valence-corrected chi connectivity index (χ2v) is 5.35. The summed E-state index contributed by atoms with van der Waals surface area (Å²) in [6, 6.07) is 9.13. The molecule has 0 radical (unpaired) electrons. The third-order valence-electron chi connectivity index (χ3n) is 3.16. The Kier molecular flexibility index (Phi) is 4.50. The SMILES string of the molecule is CCc1ccsc1CNC(C)c1ccccc1F. The quantitative estimate of drug-likeness (QED) is 0.848. The third-order valence-corrected chi connectivity index (χ3v) is 4.12. The lowest BCUT2D eigenvalue weighted by molar-refractivity contribution is 0.529. The molecule has 96 valence electrons. The maximum atomic E-state index is 13.6. The molecule has 0 saturated carbocycles. The zero-order valence-corrected chi connectivity index (χ0v) is 11.6. The van der Waals surface area contributed by atoms with E-state index in [0.29, 0.717) is 0 Å². The highest BCUT2D eigenvalue weighted by Crippen LogP contribution is 2.20. The summed E-state index contributed by atoms with van der Waals surface area (Å²) >= 11 is 1.76. The lowest BCUT2D eigenvalue weighted by Crippen LogP contribution is -2.19. The van der Waals surface area contributed by atoms with Crippen LogP contribution < -0.4 is 5.32 Å². The fourth-order valence-electron chi connectivity index (χ4n) is 2.02. The van der Waals surface area contributed by atoms with E-state index in [-0.39, 0.29) is 11.9 Å². The summed E-state index contributed by atoms with van der Waals surface area (Å²) in [7, 11) is 0. The number of hydrogen-bond donors (Lipinski definition) is 1. The molecule has 1 nitrogen and oxygen atoms in total. The molecule has 1 unspecified atom stereocenters. The summed E-state index contributed by atoms with van der Waals surface area (Å²) in [5.74, 6) is -0.139. The van der Waals surface area contributed by atoms with Crippen LogP contribution in [0.15, 0.2) is 35.7 Å². The molecule has 2 rings (SSSR count). The standard InChI is InChI=1S/C15H18FNS/c1-3-12-8-9-18-15(12)10-17-11(2)13-6-4-5-7-14(13)16/h4-9,11,17H,3,10H2,1-2H3. The van der Waals surface area contributed by atoms with Crippen molar-refractivity contribution in [1.82, 2.24) is 5.32 Å². The molecular weight excluding hydrogens is 245 g/mol. The van der Waals surface area contributed by atoms with Gasteiger partial charge in [0.15, 0.2) is 0 Å². The van der Waals surface area contributed by atoms with Crippen molar-refractivity contribution in [2.24, 2.45) is 0 Å². The molecule has 0 spiro atoms. The van der Waals surface area contributed by atoms with Crippen molar-refractivity contribution in [3.8, 4) is 0 Å². The monoisotopic (exact) mass is 263 g/mol. The summed E-state index contributed by atoms with van der Waals surface area (Å²) in [5, 5.41) is 5.50. The molecule has 1 aromatic heterocycles. The summed E-state index contributed by atoms with van der Waals surface area (Å²) in [4.78, 5) is 1.35. The van der Waals surface area contributed by atoms with Crippen molar-refractivity contribution in [2.45, 2.75) is 32.9 Å². The van der Waals surface area contributed by atoms with Crippen LogP contribution in [0, 0.1) is 5.82 Å². The van der Waals surface area contributed by atoms with Gasteiger partial charge < -0.3 is 5.32 Å². The van der Waals surface area contributed by atoms with Crippen LogP contribution in [-0.2, 0) is 13.0 Å². The minimum absolute atomic E-state index is 0.0259. The Bertz CT molecular complexity index is 507. The van der Waals surface area contributed by atoms with E-state index >= 15 is 0 Å². The largest absolute Gasteiger partial charge is 0.305 e. The molecule has 1 heterocycles. The molecule has 3 heteroatoms. The van der Waals surface area contributed by atoms with Crippen LogP contribution in [0.1, 0.15) is 35.9 Å². The predicted molar refractivity (Wildman–Crippen MR) is 75.4 cm³/mol. The van der Waals surface area contributed by atoms with Crippen LogP contribution in [0.4, 0.5) is 4.39 Å². The zero-order chi connectivity index (χ0) is 13.0. The second-order valence-electron chi connectivity index (χ2n) is 4.35. The first-order chi connectivity index (χ1) is 8.72. The van der Waals surface area contributed by atoms with Gasteiger partial charge in [0.2, 0.25) is 0 Å². The van der Waals surface area contributed by atoms with Crippen LogP contribution >= 0.6 is 11.3 Å². The van der Waals surface area contributed by atoms with Crippen molar-refractivity contribution < 1.29 is 4.39 Å². The van der Waals surface area contributed by atoms with Gasteiger partial charge in [0.25, 0.3) is 0 Å².